The van der Waals surface area contributed by atoms with Gasteiger partial charge in [0.1, 0.15) is 0 Å². The van der Waals surface area contributed by atoms with E-state index in [1.54, 1.807) is 0 Å². The Bertz CT molecular complexity index is 300. The van der Waals surface area contributed by atoms with E-state index in [0.717, 1.165) is 12.0 Å². The highest BCUT2D eigenvalue weighted by Crippen LogP contribution is 2.40. The molecule has 1 aliphatic heterocycles. The number of piperidine rings is 1. The van der Waals surface area contributed by atoms with Crippen molar-refractivity contribution in [2.45, 2.75) is 91.1 Å². The molecule has 0 aromatic heterocycles. The lowest BCUT2D eigenvalue weighted by Gasteiger charge is -2.47. The Balaban J connectivity index is 2.00. The molecule has 2 nitrogen and oxygen atoms in total. The summed E-state index contributed by atoms with van der Waals surface area (Å²) in [5.41, 5.74) is 0.468. The molecule has 3 unspecified atom stereocenters. The second-order valence-electron chi connectivity index (χ2n) is 8.13. The number of hydrogen-bond acceptors (Lipinski definition) is 2. The standard InChI is InChI=1S/C19H38N2/c1-5-13-20-18-16(10-9-12-19(18,3)4)15-21-14-8-7-11-17(21)6-2/h16-18,20H,5-15H2,1-4H3. The Morgan fingerprint density at radius 3 is 2.62 bits per heavy atom. The first-order valence-electron chi connectivity index (χ1n) is 9.56. The zero-order chi connectivity index (χ0) is 15.3. The van der Waals surface area contributed by atoms with Gasteiger partial charge in [0.2, 0.25) is 0 Å². The summed E-state index contributed by atoms with van der Waals surface area (Å²) < 4.78 is 0. The van der Waals surface area contributed by atoms with Crippen molar-refractivity contribution in [1.29, 1.82) is 0 Å². The molecular formula is C19H38N2. The lowest BCUT2D eigenvalue weighted by Crippen LogP contribution is -2.54. The molecule has 1 N–H and O–H groups in total. The average Bonchev–Trinajstić information content (AvgIpc) is 2.46. The maximum Gasteiger partial charge on any atom is 0.0159 e. The number of nitrogens with zero attached hydrogens (tertiary/aromatic N) is 1. The van der Waals surface area contributed by atoms with Crippen LogP contribution < -0.4 is 5.32 Å². The van der Waals surface area contributed by atoms with Crippen LogP contribution in [0, 0.1) is 11.3 Å². The number of nitrogens with one attached hydrogen (secondary N) is 1. The number of rotatable bonds is 6. The maximum absolute atomic E-state index is 3.91. The molecule has 0 amide bonds. The third kappa shape index (κ3) is 4.45. The average molecular weight is 295 g/mol. The van der Waals surface area contributed by atoms with Crippen LogP contribution in [0.3, 0.4) is 0 Å². The molecule has 1 saturated heterocycles. The van der Waals surface area contributed by atoms with Gasteiger partial charge in [-0.2, -0.15) is 0 Å². The fourth-order valence-electron chi connectivity index (χ4n) is 4.78. The van der Waals surface area contributed by atoms with Crippen molar-refractivity contribution in [2.24, 2.45) is 11.3 Å². The number of hydrogen-bond donors (Lipinski definition) is 1. The van der Waals surface area contributed by atoms with Crippen molar-refractivity contribution < 1.29 is 0 Å². The minimum atomic E-state index is 0.468. The second-order valence-corrected chi connectivity index (χ2v) is 8.13. The van der Waals surface area contributed by atoms with Crippen LogP contribution in [0.2, 0.25) is 0 Å². The van der Waals surface area contributed by atoms with Crippen molar-refractivity contribution in [3.8, 4) is 0 Å². The molecule has 21 heavy (non-hydrogen) atoms. The predicted molar refractivity (Wildman–Crippen MR) is 92.7 cm³/mol. The molecule has 1 heterocycles. The molecule has 0 radical (unpaired) electrons. The minimum absolute atomic E-state index is 0.468. The van der Waals surface area contributed by atoms with Gasteiger partial charge in [-0.25, -0.2) is 0 Å². The lowest BCUT2D eigenvalue weighted by molar-refractivity contribution is 0.0512. The molecule has 1 saturated carbocycles. The SMILES string of the molecule is CCCNC1C(CN2CCCCC2CC)CCCC1(C)C. The lowest BCUT2D eigenvalue weighted by atomic mass is 9.67. The maximum atomic E-state index is 3.91. The summed E-state index contributed by atoms with van der Waals surface area (Å²) in [6.07, 6.45) is 11.1. The molecule has 2 heteroatoms. The molecule has 0 aromatic carbocycles. The van der Waals surface area contributed by atoms with E-state index in [0.29, 0.717) is 11.5 Å². The summed E-state index contributed by atoms with van der Waals surface area (Å²) in [5.74, 6) is 0.854. The van der Waals surface area contributed by atoms with Gasteiger partial charge in [0, 0.05) is 18.6 Å². The molecule has 2 rings (SSSR count). The first-order valence-corrected chi connectivity index (χ1v) is 9.56. The molecule has 2 fully saturated rings. The van der Waals surface area contributed by atoms with Crippen molar-refractivity contribution in [3.05, 3.63) is 0 Å². The summed E-state index contributed by atoms with van der Waals surface area (Å²) in [7, 11) is 0. The monoisotopic (exact) mass is 294 g/mol. The zero-order valence-electron chi connectivity index (χ0n) is 15.0. The summed E-state index contributed by atoms with van der Waals surface area (Å²) in [5, 5.41) is 3.91. The first-order chi connectivity index (χ1) is 10.1. The molecule has 124 valence electrons. The fourth-order valence-corrected chi connectivity index (χ4v) is 4.78. The predicted octanol–water partition coefficient (Wildman–Crippen LogP) is 4.45. The van der Waals surface area contributed by atoms with Crippen LogP contribution in [0.25, 0.3) is 0 Å². The van der Waals surface area contributed by atoms with E-state index in [4.69, 9.17) is 0 Å². The Hall–Kier alpha value is -0.0800. The normalized spacial score (nSPS) is 34.0. The van der Waals surface area contributed by atoms with Gasteiger partial charge < -0.3 is 10.2 Å². The van der Waals surface area contributed by atoms with Gasteiger partial charge in [0.05, 0.1) is 0 Å². The van der Waals surface area contributed by atoms with E-state index in [1.807, 2.05) is 0 Å². The Morgan fingerprint density at radius 1 is 1.10 bits per heavy atom. The van der Waals surface area contributed by atoms with Gasteiger partial charge in [-0.3, -0.25) is 0 Å². The van der Waals surface area contributed by atoms with Crippen LogP contribution in [0.4, 0.5) is 0 Å². The van der Waals surface area contributed by atoms with Crippen LogP contribution in [0.15, 0.2) is 0 Å². The Kier molecular flexibility index (Phi) is 6.55. The fraction of sp³-hybridized carbons (Fsp3) is 1.00. The van der Waals surface area contributed by atoms with Crippen molar-refractivity contribution in [2.75, 3.05) is 19.6 Å². The molecular weight excluding hydrogens is 256 g/mol. The molecule has 1 aliphatic carbocycles. The Labute approximate surface area is 133 Å². The van der Waals surface area contributed by atoms with Crippen molar-refractivity contribution >= 4 is 0 Å². The van der Waals surface area contributed by atoms with E-state index in [1.165, 1.54) is 71.0 Å². The molecule has 3 atom stereocenters. The van der Waals surface area contributed by atoms with E-state index in [9.17, 15) is 0 Å². The van der Waals surface area contributed by atoms with E-state index >= 15 is 0 Å². The molecule has 0 spiro atoms. The smallest absolute Gasteiger partial charge is 0.0159 e. The second kappa shape index (κ2) is 7.97. The molecule has 2 aliphatic rings. The van der Waals surface area contributed by atoms with Gasteiger partial charge in [-0.15, -0.1) is 0 Å². The van der Waals surface area contributed by atoms with Gasteiger partial charge in [-0.1, -0.05) is 40.5 Å². The Morgan fingerprint density at radius 2 is 1.90 bits per heavy atom. The van der Waals surface area contributed by atoms with Crippen LogP contribution in [-0.2, 0) is 0 Å². The molecule has 0 bridgehead atoms. The van der Waals surface area contributed by atoms with Gasteiger partial charge >= 0.3 is 0 Å². The van der Waals surface area contributed by atoms with Crippen LogP contribution in [-0.4, -0.2) is 36.6 Å². The van der Waals surface area contributed by atoms with Crippen LogP contribution in [0.5, 0.6) is 0 Å². The third-order valence-corrected chi connectivity index (χ3v) is 6.01. The first kappa shape index (κ1) is 17.3. The number of likely N-dealkylation sites (tertiary alicyclic amines) is 1. The van der Waals surface area contributed by atoms with Crippen molar-refractivity contribution in [1.82, 2.24) is 10.2 Å². The summed E-state index contributed by atoms with van der Waals surface area (Å²) in [6.45, 7) is 13.5. The highest BCUT2D eigenvalue weighted by Gasteiger charge is 2.39. The van der Waals surface area contributed by atoms with Gasteiger partial charge in [0.15, 0.2) is 0 Å². The van der Waals surface area contributed by atoms with Gasteiger partial charge in [0.25, 0.3) is 0 Å². The van der Waals surface area contributed by atoms with E-state index in [-0.39, 0.29) is 0 Å². The van der Waals surface area contributed by atoms with Gasteiger partial charge in [-0.05, 0) is 62.9 Å². The summed E-state index contributed by atoms with van der Waals surface area (Å²) in [4.78, 5) is 2.83. The minimum Gasteiger partial charge on any atom is -0.313 e. The van der Waals surface area contributed by atoms with E-state index < -0.39 is 0 Å². The largest absolute Gasteiger partial charge is 0.313 e. The third-order valence-electron chi connectivity index (χ3n) is 6.01. The van der Waals surface area contributed by atoms with Crippen molar-refractivity contribution in [3.63, 3.8) is 0 Å². The van der Waals surface area contributed by atoms with Crippen LogP contribution >= 0.6 is 0 Å². The summed E-state index contributed by atoms with van der Waals surface area (Å²) in [6, 6.07) is 1.57. The highest BCUT2D eigenvalue weighted by atomic mass is 15.2. The van der Waals surface area contributed by atoms with E-state index in [2.05, 4.69) is 37.9 Å². The van der Waals surface area contributed by atoms with Crippen LogP contribution in [0.1, 0.15) is 79.1 Å². The summed E-state index contributed by atoms with van der Waals surface area (Å²) >= 11 is 0. The molecule has 0 aromatic rings. The highest BCUT2D eigenvalue weighted by molar-refractivity contribution is 4.95. The quantitative estimate of drug-likeness (QED) is 0.779. The topological polar surface area (TPSA) is 15.3 Å². The zero-order valence-corrected chi connectivity index (χ0v) is 15.0.